The van der Waals surface area contributed by atoms with Gasteiger partial charge in [0.2, 0.25) is 0 Å². The van der Waals surface area contributed by atoms with E-state index in [1.54, 1.807) is 0 Å². The fourth-order valence-corrected chi connectivity index (χ4v) is 8.30. The molecule has 1 atom stereocenters. The summed E-state index contributed by atoms with van der Waals surface area (Å²) < 4.78 is 16.8. The Labute approximate surface area is 427 Å². The van der Waals surface area contributed by atoms with Crippen LogP contribution >= 0.6 is 0 Å². The highest BCUT2D eigenvalue weighted by molar-refractivity contribution is 5.71. The van der Waals surface area contributed by atoms with Crippen LogP contribution < -0.4 is 0 Å². The molecule has 1 unspecified atom stereocenters. The SMILES string of the molecule is CC/C=C\C/C=C\C/C=C\C/C=C\C/C=C\CCCC(=O)OC(COC(=O)CCCCCCCCC/C=C\CCCCCCCCC)COC(=O)CCCCCCCCCCCCCCCCCC. The summed E-state index contributed by atoms with van der Waals surface area (Å²) in [6.07, 6.45) is 73.3. The van der Waals surface area contributed by atoms with Gasteiger partial charge in [0, 0.05) is 19.3 Å². The zero-order valence-corrected chi connectivity index (χ0v) is 45.6. The average Bonchev–Trinajstić information content (AvgIpc) is 3.35. The number of hydrogen-bond donors (Lipinski definition) is 0. The zero-order chi connectivity index (χ0) is 50.0. The first-order chi connectivity index (χ1) is 34.0. The van der Waals surface area contributed by atoms with Crippen molar-refractivity contribution in [2.24, 2.45) is 0 Å². The Morgan fingerprint density at radius 1 is 0.304 bits per heavy atom. The first-order valence-corrected chi connectivity index (χ1v) is 29.4. The minimum atomic E-state index is -0.805. The van der Waals surface area contributed by atoms with Crippen molar-refractivity contribution in [2.75, 3.05) is 13.2 Å². The molecule has 398 valence electrons. The number of ether oxygens (including phenoxy) is 3. The molecule has 0 aliphatic heterocycles. The minimum Gasteiger partial charge on any atom is -0.462 e. The van der Waals surface area contributed by atoms with Crippen LogP contribution in [0.2, 0.25) is 0 Å². The summed E-state index contributed by atoms with van der Waals surface area (Å²) in [7, 11) is 0. The summed E-state index contributed by atoms with van der Waals surface area (Å²) in [5, 5.41) is 0. The molecule has 0 aliphatic carbocycles. The summed E-state index contributed by atoms with van der Waals surface area (Å²) in [5.74, 6) is -0.949. The van der Waals surface area contributed by atoms with Gasteiger partial charge in [-0.3, -0.25) is 14.4 Å². The molecule has 0 aromatic carbocycles. The van der Waals surface area contributed by atoms with Crippen LogP contribution in [0.15, 0.2) is 72.9 Å². The van der Waals surface area contributed by atoms with Crippen LogP contribution in [0.4, 0.5) is 0 Å². The highest BCUT2D eigenvalue weighted by Crippen LogP contribution is 2.16. The van der Waals surface area contributed by atoms with Crippen LogP contribution in [0.25, 0.3) is 0 Å². The molecule has 0 saturated heterocycles. The third-order valence-electron chi connectivity index (χ3n) is 12.7. The molecule has 0 bridgehead atoms. The summed E-state index contributed by atoms with van der Waals surface area (Å²) >= 11 is 0. The lowest BCUT2D eigenvalue weighted by molar-refractivity contribution is -0.167. The average molecular weight is 964 g/mol. The van der Waals surface area contributed by atoms with Gasteiger partial charge < -0.3 is 14.2 Å². The van der Waals surface area contributed by atoms with Gasteiger partial charge in [-0.1, -0.05) is 261 Å². The molecule has 0 aromatic rings. The van der Waals surface area contributed by atoms with Crippen LogP contribution in [0.1, 0.15) is 290 Å². The molecule has 0 saturated carbocycles. The third-order valence-corrected chi connectivity index (χ3v) is 12.7. The number of allylic oxidation sites excluding steroid dienone is 12. The summed E-state index contributed by atoms with van der Waals surface area (Å²) in [6.45, 7) is 6.50. The summed E-state index contributed by atoms with van der Waals surface area (Å²) in [6, 6.07) is 0. The molecular formula is C63H110O6. The van der Waals surface area contributed by atoms with Crippen molar-refractivity contribution < 1.29 is 28.6 Å². The van der Waals surface area contributed by atoms with E-state index in [0.717, 1.165) is 77.0 Å². The molecule has 0 aromatic heterocycles. The van der Waals surface area contributed by atoms with Gasteiger partial charge in [0.05, 0.1) is 0 Å². The monoisotopic (exact) mass is 963 g/mol. The molecule has 0 rings (SSSR count). The Kier molecular flexibility index (Phi) is 54.8. The lowest BCUT2D eigenvalue weighted by atomic mass is 10.0. The van der Waals surface area contributed by atoms with E-state index >= 15 is 0 Å². The van der Waals surface area contributed by atoms with E-state index in [1.165, 1.54) is 167 Å². The highest BCUT2D eigenvalue weighted by Gasteiger charge is 2.19. The van der Waals surface area contributed by atoms with Gasteiger partial charge in [0.15, 0.2) is 6.10 Å². The predicted molar refractivity (Wildman–Crippen MR) is 298 cm³/mol. The lowest BCUT2D eigenvalue weighted by Crippen LogP contribution is -2.30. The summed E-state index contributed by atoms with van der Waals surface area (Å²) in [5.41, 5.74) is 0. The second-order valence-electron chi connectivity index (χ2n) is 19.5. The van der Waals surface area contributed by atoms with E-state index in [4.69, 9.17) is 14.2 Å². The van der Waals surface area contributed by atoms with Gasteiger partial charge >= 0.3 is 17.9 Å². The third kappa shape index (κ3) is 55.6. The molecule has 0 radical (unpaired) electrons. The normalized spacial score (nSPS) is 12.6. The standard InChI is InChI=1S/C63H110O6/c1-4-7-10-13-16-19-22-25-28-31-33-35-38-41-44-47-50-53-56-62(65)68-59-60(58-67-61(64)55-52-49-46-43-40-37-34-30-27-24-21-18-15-12-9-6-3)69-63(66)57-54-51-48-45-42-39-36-32-29-26-23-20-17-14-11-8-5-2/h8,11,17,20,26,28-29,31,36,39,45,48,60H,4-7,9-10,12-16,18-19,21-25,27,30,32-35,37-38,40-44,46-47,49-59H2,1-3H3/b11-8-,20-17-,29-26-,31-28-,39-36-,48-45-. The van der Waals surface area contributed by atoms with Gasteiger partial charge in [-0.25, -0.2) is 0 Å². The molecule has 0 amide bonds. The first kappa shape index (κ1) is 65.8. The summed E-state index contributed by atoms with van der Waals surface area (Å²) in [4.78, 5) is 38.2. The maximum atomic E-state index is 12.8. The van der Waals surface area contributed by atoms with Crippen LogP contribution in [0.5, 0.6) is 0 Å². The Balaban J connectivity index is 4.45. The van der Waals surface area contributed by atoms with Gasteiger partial charge in [0.25, 0.3) is 0 Å². The zero-order valence-electron chi connectivity index (χ0n) is 45.6. The van der Waals surface area contributed by atoms with Gasteiger partial charge in [-0.2, -0.15) is 0 Å². The quantitative estimate of drug-likeness (QED) is 0.0262. The van der Waals surface area contributed by atoms with E-state index in [2.05, 4.69) is 93.7 Å². The van der Waals surface area contributed by atoms with E-state index in [-0.39, 0.29) is 37.5 Å². The number of carbonyl (C=O) groups is 3. The molecule has 0 fully saturated rings. The maximum absolute atomic E-state index is 12.8. The number of carbonyl (C=O) groups excluding carboxylic acids is 3. The lowest BCUT2D eigenvalue weighted by Gasteiger charge is -2.18. The van der Waals surface area contributed by atoms with Gasteiger partial charge in [-0.05, 0) is 83.5 Å². The Morgan fingerprint density at radius 3 is 0.942 bits per heavy atom. The van der Waals surface area contributed by atoms with Crippen molar-refractivity contribution in [1.29, 1.82) is 0 Å². The highest BCUT2D eigenvalue weighted by atomic mass is 16.6. The van der Waals surface area contributed by atoms with Gasteiger partial charge in [0.1, 0.15) is 13.2 Å². The van der Waals surface area contributed by atoms with Crippen molar-refractivity contribution >= 4 is 17.9 Å². The minimum absolute atomic E-state index is 0.0968. The number of unbranched alkanes of at least 4 members (excludes halogenated alkanes) is 30. The van der Waals surface area contributed by atoms with Crippen molar-refractivity contribution in [3.63, 3.8) is 0 Å². The number of rotatable bonds is 53. The van der Waals surface area contributed by atoms with Crippen LogP contribution in [-0.4, -0.2) is 37.2 Å². The molecule has 6 heteroatoms. The topological polar surface area (TPSA) is 78.9 Å². The first-order valence-electron chi connectivity index (χ1n) is 29.4. The van der Waals surface area contributed by atoms with E-state index < -0.39 is 6.10 Å². The van der Waals surface area contributed by atoms with Crippen molar-refractivity contribution in [2.45, 2.75) is 297 Å². The molecule has 0 aliphatic rings. The molecule has 0 heterocycles. The Morgan fingerprint density at radius 2 is 0.580 bits per heavy atom. The second kappa shape index (κ2) is 57.4. The van der Waals surface area contributed by atoms with Crippen LogP contribution in [0, 0.1) is 0 Å². The molecular weight excluding hydrogens is 853 g/mol. The number of esters is 3. The van der Waals surface area contributed by atoms with Gasteiger partial charge in [-0.15, -0.1) is 0 Å². The van der Waals surface area contributed by atoms with E-state index in [1.807, 2.05) is 0 Å². The van der Waals surface area contributed by atoms with Crippen molar-refractivity contribution in [1.82, 2.24) is 0 Å². The van der Waals surface area contributed by atoms with Crippen molar-refractivity contribution in [3.05, 3.63) is 72.9 Å². The number of hydrogen-bond acceptors (Lipinski definition) is 6. The Hall–Kier alpha value is -3.15. The largest absolute Gasteiger partial charge is 0.462 e. The fraction of sp³-hybridized carbons (Fsp3) is 0.762. The molecule has 0 spiro atoms. The maximum Gasteiger partial charge on any atom is 0.306 e. The molecule has 0 N–H and O–H groups in total. The van der Waals surface area contributed by atoms with Crippen LogP contribution in [-0.2, 0) is 28.6 Å². The Bertz CT molecular complexity index is 1290. The molecule has 69 heavy (non-hydrogen) atoms. The smallest absolute Gasteiger partial charge is 0.306 e. The molecule has 6 nitrogen and oxygen atoms in total. The second-order valence-corrected chi connectivity index (χ2v) is 19.5. The predicted octanol–water partition coefficient (Wildman–Crippen LogP) is 19.8. The van der Waals surface area contributed by atoms with Crippen LogP contribution in [0.3, 0.4) is 0 Å². The fourth-order valence-electron chi connectivity index (χ4n) is 8.30. The van der Waals surface area contributed by atoms with E-state index in [0.29, 0.717) is 19.3 Å². The van der Waals surface area contributed by atoms with E-state index in [9.17, 15) is 14.4 Å². The van der Waals surface area contributed by atoms with Crippen molar-refractivity contribution in [3.8, 4) is 0 Å².